The number of nitrogens with zero attached hydrogens (tertiary/aromatic N) is 4. The Labute approximate surface area is 98.8 Å². The largest absolute Gasteiger partial charge is 0.337 e. The predicted octanol–water partition coefficient (Wildman–Crippen LogP) is 1.11. The van der Waals surface area contributed by atoms with Crippen LogP contribution in [0, 0.1) is 6.92 Å². The summed E-state index contributed by atoms with van der Waals surface area (Å²) in [7, 11) is 0. The molecule has 6 heteroatoms. The third-order valence-corrected chi connectivity index (χ3v) is 2.01. The molecule has 0 spiro atoms. The predicted molar refractivity (Wildman–Crippen MR) is 62.0 cm³/mol. The van der Waals surface area contributed by atoms with Crippen molar-refractivity contribution < 1.29 is 4.52 Å². The molecule has 0 saturated heterocycles. The minimum Gasteiger partial charge on any atom is -0.337 e. The van der Waals surface area contributed by atoms with E-state index in [1.165, 1.54) is 0 Å². The molecule has 0 aromatic carbocycles. The average molecular weight is 231 g/mol. The molecule has 1 N–H and O–H groups in total. The van der Waals surface area contributed by atoms with E-state index < -0.39 is 0 Å². The zero-order valence-corrected chi connectivity index (χ0v) is 9.55. The summed E-state index contributed by atoms with van der Waals surface area (Å²) >= 11 is 0. The fourth-order valence-electron chi connectivity index (χ4n) is 1.21. The standard InChI is InChI=1S/C11H13N5O/c1-3-4-12-7-9-15-11(16-17-9)10-13-5-8(2)6-14-10/h3,5-6,12H,1,4,7H2,2H3. The van der Waals surface area contributed by atoms with Gasteiger partial charge < -0.3 is 9.84 Å². The topological polar surface area (TPSA) is 76.7 Å². The average Bonchev–Trinajstić information content (AvgIpc) is 2.79. The van der Waals surface area contributed by atoms with Gasteiger partial charge in [0.25, 0.3) is 0 Å². The van der Waals surface area contributed by atoms with E-state index in [0.29, 0.717) is 30.6 Å². The lowest BCUT2D eigenvalue weighted by Crippen LogP contribution is -2.12. The molecule has 0 saturated carbocycles. The fraction of sp³-hybridized carbons (Fsp3) is 0.273. The van der Waals surface area contributed by atoms with E-state index in [9.17, 15) is 0 Å². The van der Waals surface area contributed by atoms with Crippen LogP contribution in [0.15, 0.2) is 29.6 Å². The Hall–Kier alpha value is -2.08. The first-order valence-corrected chi connectivity index (χ1v) is 5.23. The van der Waals surface area contributed by atoms with Crippen LogP contribution in [0.25, 0.3) is 11.6 Å². The van der Waals surface area contributed by atoms with Gasteiger partial charge in [0.2, 0.25) is 17.5 Å². The first-order valence-electron chi connectivity index (χ1n) is 5.23. The Morgan fingerprint density at radius 3 is 2.82 bits per heavy atom. The van der Waals surface area contributed by atoms with Crippen LogP contribution < -0.4 is 5.32 Å². The number of aromatic nitrogens is 4. The minimum atomic E-state index is 0.403. The van der Waals surface area contributed by atoms with E-state index in [1.807, 2.05) is 6.92 Å². The molecule has 6 nitrogen and oxygen atoms in total. The Balaban J connectivity index is 2.07. The summed E-state index contributed by atoms with van der Waals surface area (Å²) in [4.78, 5) is 12.4. The summed E-state index contributed by atoms with van der Waals surface area (Å²) in [5, 5.41) is 6.89. The molecule has 0 aliphatic rings. The first kappa shape index (κ1) is 11.4. The van der Waals surface area contributed by atoms with Gasteiger partial charge in [0.05, 0.1) is 6.54 Å². The lowest BCUT2D eigenvalue weighted by atomic mass is 10.4. The Morgan fingerprint density at radius 2 is 2.12 bits per heavy atom. The van der Waals surface area contributed by atoms with Gasteiger partial charge >= 0.3 is 0 Å². The molecule has 88 valence electrons. The lowest BCUT2D eigenvalue weighted by Gasteiger charge is -1.94. The molecule has 0 atom stereocenters. The second kappa shape index (κ2) is 5.31. The summed E-state index contributed by atoms with van der Waals surface area (Å²) in [6.07, 6.45) is 5.20. The van der Waals surface area contributed by atoms with Crippen LogP contribution in [0.4, 0.5) is 0 Å². The molecular weight excluding hydrogens is 218 g/mol. The van der Waals surface area contributed by atoms with E-state index >= 15 is 0 Å². The molecule has 2 aromatic heterocycles. The van der Waals surface area contributed by atoms with Crippen molar-refractivity contribution in [1.82, 2.24) is 25.4 Å². The van der Waals surface area contributed by atoms with Crippen molar-refractivity contribution in [3.05, 3.63) is 36.5 Å². The summed E-state index contributed by atoms with van der Waals surface area (Å²) in [5.74, 6) is 1.38. The van der Waals surface area contributed by atoms with Crippen LogP contribution in [0.2, 0.25) is 0 Å². The van der Waals surface area contributed by atoms with E-state index in [1.54, 1.807) is 18.5 Å². The van der Waals surface area contributed by atoms with E-state index in [2.05, 4.69) is 32.0 Å². The Morgan fingerprint density at radius 1 is 1.35 bits per heavy atom. The monoisotopic (exact) mass is 231 g/mol. The van der Waals surface area contributed by atoms with Gasteiger partial charge in [0.1, 0.15) is 0 Å². The number of aryl methyl sites for hydroxylation is 1. The van der Waals surface area contributed by atoms with Crippen molar-refractivity contribution in [2.75, 3.05) is 6.54 Å². The summed E-state index contributed by atoms with van der Waals surface area (Å²) in [6, 6.07) is 0. The van der Waals surface area contributed by atoms with Crippen molar-refractivity contribution in [3.63, 3.8) is 0 Å². The molecule has 2 heterocycles. The lowest BCUT2D eigenvalue weighted by molar-refractivity contribution is 0.370. The highest BCUT2D eigenvalue weighted by molar-refractivity contribution is 5.40. The molecule has 0 bridgehead atoms. The third kappa shape index (κ3) is 2.94. The molecule has 0 amide bonds. The first-order chi connectivity index (χ1) is 8.29. The number of nitrogens with one attached hydrogen (secondary N) is 1. The molecule has 2 aromatic rings. The number of hydrogen-bond acceptors (Lipinski definition) is 6. The van der Waals surface area contributed by atoms with Crippen LogP contribution in [-0.2, 0) is 6.54 Å². The normalized spacial score (nSPS) is 10.4. The highest BCUT2D eigenvalue weighted by atomic mass is 16.5. The molecule has 0 aliphatic carbocycles. The van der Waals surface area contributed by atoms with Crippen molar-refractivity contribution in [2.45, 2.75) is 13.5 Å². The molecule has 17 heavy (non-hydrogen) atoms. The third-order valence-electron chi connectivity index (χ3n) is 2.01. The molecule has 0 fully saturated rings. The number of rotatable bonds is 5. The highest BCUT2D eigenvalue weighted by Gasteiger charge is 2.10. The van der Waals surface area contributed by atoms with E-state index in [-0.39, 0.29) is 0 Å². The van der Waals surface area contributed by atoms with Gasteiger partial charge in [-0.25, -0.2) is 9.97 Å². The maximum atomic E-state index is 5.06. The number of hydrogen-bond donors (Lipinski definition) is 1. The maximum absolute atomic E-state index is 5.06. The summed E-state index contributed by atoms with van der Waals surface area (Å²) in [5.41, 5.74) is 0.991. The minimum absolute atomic E-state index is 0.403. The van der Waals surface area contributed by atoms with Gasteiger partial charge in [-0.2, -0.15) is 4.98 Å². The molecule has 0 radical (unpaired) electrons. The van der Waals surface area contributed by atoms with Gasteiger partial charge in [-0.3, -0.25) is 0 Å². The molecular formula is C11H13N5O. The second-order valence-corrected chi connectivity index (χ2v) is 3.52. The second-order valence-electron chi connectivity index (χ2n) is 3.52. The molecule has 0 unspecified atom stereocenters. The van der Waals surface area contributed by atoms with Crippen LogP contribution >= 0.6 is 0 Å². The van der Waals surface area contributed by atoms with Gasteiger partial charge in [0.15, 0.2) is 0 Å². The Kier molecular flexibility index (Phi) is 3.56. The van der Waals surface area contributed by atoms with Gasteiger partial charge in [0, 0.05) is 18.9 Å². The maximum Gasteiger partial charge on any atom is 0.241 e. The van der Waals surface area contributed by atoms with Crippen molar-refractivity contribution in [3.8, 4) is 11.6 Å². The van der Waals surface area contributed by atoms with Crippen LogP contribution in [0.5, 0.6) is 0 Å². The SMILES string of the molecule is C=CCNCc1nc(-c2ncc(C)cn2)no1. The molecule has 0 aliphatic heterocycles. The smallest absolute Gasteiger partial charge is 0.241 e. The van der Waals surface area contributed by atoms with Gasteiger partial charge in [-0.05, 0) is 12.5 Å². The van der Waals surface area contributed by atoms with Crippen molar-refractivity contribution in [2.24, 2.45) is 0 Å². The van der Waals surface area contributed by atoms with Crippen LogP contribution in [-0.4, -0.2) is 26.7 Å². The quantitative estimate of drug-likeness (QED) is 0.613. The van der Waals surface area contributed by atoms with Crippen LogP contribution in [0.1, 0.15) is 11.5 Å². The molecule has 2 rings (SSSR count). The zero-order valence-electron chi connectivity index (χ0n) is 9.55. The van der Waals surface area contributed by atoms with Crippen molar-refractivity contribution >= 4 is 0 Å². The van der Waals surface area contributed by atoms with Gasteiger partial charge in [-0.1, -0.05) is 11.2 Å². The van der Waals surface area contributed by atoms with Gasteiger partial charge in [-0.15, -0.1) is 6.58 Å². The highest BCUT2D eigenvalue weighted by Crippen LogP contribution is 2.09. The summed E-state index contributed by atoms with van der Waals surface area (Å²) < 4.78 is 5.06. The Bertz CT molecular complexity index is 491. The summed E-state index contributed by atoms with van der Waals surface area (Å²) in [6.45, 7) is 6.72. The van der Waals surface area contributed by atoms with Crippen molar-refractivity contribution in [1.29, 1.82) is 0 Å². The van der Waals surface area contributed by atoms with Crippen LogP contribution in [0.3, 0.4) is 0 Å². The zero-order chi connectivity index (χ0) is 12.1. The fourth-order valence-corrected chi connectivity index (χ4v) is 1.21. The van der Waals surface area contributed by atoms with E-state index in [0.717, 1.165) is 5.56 Å². The van der Waals surface area contributed by atoms with E-state index in [4.69, 9.17) is 4.52 Å².